The van der Waals surface area contributed by atoms with Crippen LogP contribution in [0.4, 0.5) is 0 Å². The maximum absolute atomic E-state index is 4.35. The summed E-state index contributed by atoms with van der Waals surface area (Å²) < 4.78 is 3.89. The van der Waals surface area contributed by atoms with E-state index in [0.717, 1.165) is 19.6 Å². The Labute approximate surface area is 120 Å². The van der Waals surface area contributed by atoms with Gasteiger partial charge in [-0.05, 0) is 12.0 Å². The van der Waals surface area contributed by atoms with Crippen LogP contribution in [0.1, 0.15) is 25.1 Å². The van der Waals surface area contributed by atoms with Gasteiger partial charge in [0.25, 0.3) is 0 Å². The van der Waals surface area contributed by atoms with E-state index in [1.807, 2.05) is 34.9 Å². The molecule has 0 aliphatic rings. The normalized spacial score (nSPS) is 10.7. The third kappa shape index (κ3) is 4.69. The topological polar surface area (TPSA) is 47.7 Å². The largest absolute Gasteiger partial charge is 0.307 e. The van der Waals surface area contributed by atoms with Gasteiger partial charge in [0, 0.05) is 44.6 Å². The maximum Gasteiger partial charge on any atom is 0.0534 e. The average Bonchev–Trinajstić information content (AvgIpc) is 2.89. The first kappa shape index (κ1) is 15.7. The van der Waals surface area contributed by atoms with Crippen LogP contribution < -0.4 is 5.32 Å². The molecule has 6 heteroatoms. The second kappa shape index (κ2) is 7.31. The zero-order valence-corrected chi connectivity index (χ0v) is 12.5. The molecule has 0 aliphatic carbocycles. The van der Waals surface area contributed by atoms with E-state index in [0.29, 0.717) is 5.92 Å². The molecule has 0 radical (unpaired) electrons. The minimum absolute atomic E-state index is 0. The lowest BCUT2D eigenvalue weighted by atomic mass is 10.2. The monoisotopic (exact) mass is 283 g/mol. The third-order valence-corrected chi connectivity index (χ3v) is 2.80. The minimum Gasteiger partial charge on any atom is -0.307 e. The number of hydrogen-bond donors (Lipinski definition) is 1. The van der Waals surface area contributed by atoms with Gasteiger partial charge in [-0.15, -0.1) is 12.4 Å². The molecule has 0 aliphatic heterocycles. The number of aryl methyl sites for hydroxylation is 1. The summed E-state index contributed by atoms with van der Waals surface area (Å²) in [6, 6.07) is 2.02. The fourth-order valence-electron chi connectivity index (χ4n) is 1.88. The lowest BCUT2D eigenvalue weighted by molar-refractivity contribution is 0.482. The number of nitrogens with one attached hydrogen (secondary N) is 1. The standard InChI is InChI=1S/C13H21N5.ClH/c1-11(2)9-18-10-12(7-16-18)6-14-8-13-4-5-15-17(13)3;/h4-5,7,10-11,14H,6,8-9H2,1-3H3;1H. The highest BCUT2D eigenvalue weighted by atomic mass is 35.5. The molecule has 106 valence electrons. The molecule has 0 spiro atoms. The predicted molar refractivity (Wildman–Crippen MR) is 78.1 cm³/mol. The van der Waals surface area contributed by atoms with Crippen molar-refractivity contribution in [3.05, 3.63) is 35.9 Å². The lowest BCUT2D eigenvalue weighted by Gasteiger charge is -2.04. The number of nitrogens with zero attached hydrogens (tertiary/aromatic N) is 4. The van der Waals surface area contributed by atoms with E-state index in [2.05, 4.69) is 35.6 Å². The Morgan fingerprint density at radius 1 is 1.26 bits per heavy atom. The molecular weight excluding hydrogens is 262 g/mol. The Bertz CT molecular complexity index is 489. The molecule has 5 nitrogen and oxygen atoms in total. The van der Waals surface area contributed by atoms with Crippen LogP contribution in [0.15, 0.2) is 24.7 Å². The summed E-state index contributed by atoms with van der Waals surface area (Å²) in [4.78, 5) is 0. The van der Waals surface area contributed by atoms with Crippen molar-refractivity contribution in [1.29, 1.82) is 0 Å². The van der Waals surface area contributed by atoms with Crippen molar-refractivity contribution in [1.82, 2.24) is 24.9 Å². The second-order valence-corrected chi connectivity index (χ2v) is 5.01. The number of halogens is 1. The van der Waals surface area contributed by atoms with Crippen molar-refractivity contribution in [3.63, 3.8) is 0 Å². The first-order valence-corrected chi connectivity index (χ1v) is 6.34. The average molecular weight is 284 g/mol. The summed E-state index contributed by atoms with van der Waals surface area (Å²) in [7, 11) is 1.96. The summed E-state index contributed by atoms with van der Waals surface area (Å²) in [6.45, 7) is 7.03. The predicted octanol–water partition coefficient (Wildman–Crippen LogP) is 1.98. The number of hydrogen-bond acceptors (Lipinski definition) is 3. The van der Waals surface area contributed by atoms with Gasteiger partial charge in [0.1, 0.15) is 0 Å². The quantitative estimate of drug-likeness (QED) is 0.882. The van der Waals surface area contributed by atoms with E-state index >= 15 is 0 Å². The van der Waals surface area contributed by atoms with Gasteiger partial charge in [-0.2, -0.15) is 10.2 Å². The molecule has 0 bridgehead atoms. The molecular formula is C13H22ClN5. The molecule has 0 saturated carbocycles. The molecule has 0 saturated heterocycles. The molecule has 0 fully saturated rings. The molecule has 2 aromatic heterocycles. The molecule has 0 amide bonds. The number of aromatic nitrogens is 4. The summed E-state index contributed by atoms with van der Waals surface area (Å²) >= 11 is 0. The van der Waals surface area contributed by atoms with Crippen LogP contribution >= 0.6 is 12.4 Å². The molecule has 0 aromatic carbocycles. The van der Waals surface area contributed by atoms with Crippen LogP contribution in [0, 0.1) is 5.92 Å². The lowest BCUT2D eigenvalue weighted by Crippen LogP contribution is -2.15. The Kier molecular flexibility index (Phi) is 6.05. The van der Waals surface area contributed by atoms with E-state index < -0.39 is 0 Å². The molecule has 1 N–H and O–H groups in total. The summed E-state index contributed by atoms with van der Waals surface area (Å²) in [5, 5.41) is 11.9. The Hall–Kier alpha value is -1.33. The van der Waals surface area contributed by atoms with Gasteiger partial charge < -0.3 is 5.32 Å². The van der Waals surface area contributed by atoms with Gasteiger partial charge in [0.05, 0.1) is 11.9 Å². The van der Waals surface area contributed by atoms with Crippen LogP contribution in [0.5, 0.6) is 0 Å². The highest BCUT2D eigenvalue weighted by Gasteiger charge is 2.02. The van der Waals surface area contributed by atoms with Crippen molar-refractivity contribution in [2.75, 3.05) is 0 Å². The Morgan fingerprint density at radius 3 is 2.68 bits per heavy atom. The molecule has 0 unspecified atom stereocenters. The van der Waals surface area contributed by atoms with Crippen molar-refractivity contribution in [2.24, 2.45) is 13.0 Å². The maximum atomic E-state index is 4.35. The molecule has 19 heavy (non-hydrogen) atoms. The molecule has 2 rings (SSSR count). The highest BCUT2D eigenvalue weighted by Crippen LogP contribution is 2.02. The molecule has 0 atom stereocenters. The van der Waals surface area contributed by atoms with Gasteiger partial charge in [-0.25, -0.2) is 0 Å². The highest BCUT2D eigenvalue weighted by molar-refractivity contribution is 5.85. The van der Waals surface area contributed by atoms with Crippen LogP contribution in [0.3, 0.4) is 0 Å². The van der Waals surface area contributed by atoms with E-state index in [1.54, 1.807) is 0 Å². The van der Waals surface area contributed by atoms with E-state index in [1.165, 1.54) is 11.3 Å². The first-order chi connectivity index (χ1) is 8.65. The van der Waals surface area contributed by atoms with Crippen LogP contribution in [0.2, 0.25) is 0 Å². The van der Waals surface area contributed by atoms with Gasteiger partial charge >= 0.3 is 0 Å². The molecule has 2 heterocycles. The SMILES string of the molecule is CC(C)Cn1cc(CNCc2ccnn2C)cn1.Cl. The summed E-state index contributed by atoms with van der Waals surface area (Å²) in [5.74, 6) is 0.625. The second-order valence-electron chi connectivity index (χ2n) is 5.01. The Balaban J connectivity index is 0.00000180. The fourth-order valence-corrected chi connectivity index (χ4v) is 1.88. The zero-order valence-electron chi connectivity index (χ0n) is 11.7. The van der Waals surface area contributed by atoms with Crippen molar-refractivity contribution >= 4 is 12.4 Å². The first-order valence-electron chi connectivity index (χ1n) is 6.34. The van der Waals surface area contributed by atoms with Crippen LogP contribution in [-0.4, -0.2) is 19.6 Å². The van der Waals surface area contributed by atoms with Crippen LogP contribution in [-0.2, 0) is 26.7 Å². The van der Waals surface area contributed by atoms with Crippen molar-refractivity contribution in [2.45, 2.75) is 33.5 Å². The van der Waals surface area contributed by atoms with Crippen molar-refractivity contribution < 1.29 is 0 Å². The minimum atomic E-state index is 0. The van der Waals surface area contributed by atoms with Gasteiger partial charge in [0.15, 0.2) is 0 Å². The van der Waals surface area contributed by atoms with Gasteiger partial charge in [-0.1, -0.05) is 13.8 Å². The van der Waals surface area contributed by atoms with Crippen LogP contribution in [0.25, 0.3) is 0 Å². The van der Waals surface area contributed by atoms with Crippen molar-refractivity contribution in [3.8, 4) is 0 Å². The zero-order chi connectivity index (χ0) is 13.0. The van der Waals surface area contributed by atoms with E-state index in [4.69, 9.17) is 0 Å². The van der Waals surface area contributed by atoms with E-state index in [9.17, 15) is 0 Å². The van der Waals surface area contributed by atoms with Gasteiger partial charge in [-0.3, -0.25) is 9.36 Å². The fraction of sp³-hybridized carbons (Fsp3) is 0.538. The summed E-state index contributed by atoms with van der Waals surface area (Å²) in [6.07, 6.45) is 5.85. The third-order valence-electron chi connectivity index (χ3n) is 2.80. The Morgan fingerprint density at radius 2 is 2.05 bits per heavy atom. The number of rotatable bonds is 6. The van der Waals surface area contributed by atoms with E-state index in [-0.39, 0.29) is 12.4 Å². The summed E-state index contributed by atoms with van der Waals surface area (Å²) in [5.41, 5.74) is 2.40. The smallest absolute Gasteiger partial charge is 0.0534 e. The molecule has 2 aromatic rings. The van der Waals surface area contributed by atoms with Gasteiger partial charge in [0.2, 0.25) is 0 Å².